The molecule has 2 aromatic rings. The molecule has 0 bridgehead atoms. The second-order valence-corrected chi connectivity index (χ2v) is 8.36. The maximum atomic E-state index is 13.0. The van der Waals surface area contributed by atoms with Gasteiger partial charge in [-0.25, -0.2) is 0 Å². The van der Waals surface area contributed by atoms with E-state index in [1.54, 1.807) is 4.90 Å². The number of amides is 3. The standard InChI is InChI=1S/C22H26N6O3/c1-13-16(19-11-23-7-8-28(19)26-13)10-24-9-14-3-2-4-15-17(14)12-27(22(15)31)18-5-6-20(29)25-21(18)30/h2-4,18,23-24H,5-12H2,1H3,(H,25,29,30). The van der Waals surface area contributed by atoms with Crippen LogP contribution in [0.2, 0.25) is 0 Å². The highest BCUT2D eigenvalue weighted by atomic mass is 16.2. The molecule has 9 nitrogen and oxygen atoms in total. The highest BCUT2D eigenvalue weighted by Crippen LogP contribution is 2.30. The van der Waals surface area contributed by atoms with Crippen LogP contribution in [0.3, 0.4) is 0 Å². The summed E-state index contributed by atoms with van der Waals surface area (Å²) in [4.78, 5) is 38.3. The van der Waals surface area contributed by atoms with Crippen molar-refractivity contribution in [1.82, 2.24) is 30.6 Å². The van der Waals surface area contributed by atoms with Crippen LogP contribution in [0.1, 0.15) is 51.3 Å². The molecule has 4 heterocycles. The minimum Gasteiger partial charge on any atom is -0.322 e. The van der Waals surface area contributed by atoms with Gasteiger partial charge in [-0.15, -0.1) is 0 Å². The number of rotatable bonds is 5. The molecule has 1 atom stereocenters. The van der Waals surface area contributed by atoms with Crippen LogP contribution in [0.5, 0.6) is 0 Å². The van der Waals surface area contributed by atoms with E-state index < -0.39 is 6.04 Å². The van der Waals surface area contributed by atoms with E-state index >= 15 is 0 Å². The van der Waals surface area contributed by atoms with Crippen LogP contribution in [-0.2, 0) is 42.3 Å². The quantitative estimate of drug-likeness (QED) is 0.600. The molecule has 1 fully saturated rings. The van der Waals surface area contributed by atoms with Crippen LogP contribution in [0.4, 0.5) is 0 Å². The molecule has 0 saturated carbocycles. The van der Waals surface area contributed by atoms with E-state index in [-0.39, 0.29) is 24.1 Å². The van der Waals surface area contributed by atoms with Gasteiger partial charge in [0.25, 0.3) is 5.91 Å². The van der Waals surface area contributed by atoms with E-state index in [2.05, 4.69) is 25.7 Å². The molecule has 1 aromatic heterocycles. The summed E-state index contributed by atoms with van der Waals surface area (Å²) >= 11 is 0. The van der Waals surface area contributed by atoms with E-state index in [4.69, 9.17) is 0 Å². The van der Waals surface area contributed by atoms with Gasteiger partial charge in [-0.3, -0.25) is 24.4 Å². The smallest absolute Gasteiger partial charge is 0.255 e. The average molecular weight is 422 g/mol. The SMILES string of the molecule is Cc1nn2c(c1CNCc1cccc3c1CN(C1CCC(=O)NC1=O)C3=O)CNCC2. The molecule has 0 aliphatic carbocycles. The van der Waals surface area contributed by atoms with Gasteiger partial charge in [0, 0.05) is 50.3 Å². The molecular weight excluding hydrogens is 396 g/mol. The van der Waals surface area contributed by atoms with Gasteiger partial charge in [-0.05, 0) is 30.5 Å². The van der Waals surface area contributed by atoms with Gasteiger partial charge in [0.15, 0.2) is 0 Å². The Labute approximate surface area is 180 Å². The van der Waals surface area contributed by atoms with Gasteiger partial charge >= 0.3 is 0 Å². The number of nitrogens with zero attached hydrogens (tertiary/aromatic N) is 3. The highest BCUT2D eigenvalue weighted by molar-refractivity contribution is 6.05. The number of benzene rings is 1. The molecule has 31 heavy (non-hydrogen) atoms. The average Bonchev–Trinajstić information content (AvgIpc) is 3.25. The first-order valence-electron chi connectivity index (χ1n) is 10.7. The Bertz CT molecular complexity index is 1080. The third kappa shape index (κ3) is 3.53. The predicted octanol–water partition coefficient (Wildman–Crippen LogP) is 0.346. The van der Waals surface area contributed by atoms with Gasteiger partial charge in [0.2, 0.25) is 11.8 Å². The van der Waals surface area contributed by atoms with E-state index in [0.717, 1.165) is 36.5 Å². The molecule has 1 saturated heterocycles. The summed E-state index contributed by atoms with van der Waals surface area (Å²) in [5.41, 5.74) is 6.16. The second kappa shape index (κ2) is 7.90. The van der Waals surface area contributed by atoms with Crippen molar-refractivity contribution in [2.24, 2.45) is 0 Å². The summed E-state index contributed by atoms with van der Waals surface area (Å²) < 4.78 is 2.08. The molecule has 5 rings (SSSR count). The van der Waals surface area contributed by atoms with Crippen LogP contribution >= 0.6 is 0 Å². The number of imide groups is 1. The zero-order valence-electron chi connectivity index (χ0n) is 17.5. The Morgan fingerprint density at radius 1 is 1.23 bits per heavy atom. The Kier molecular flexibility index (Phi) is 5.07. The topological polar surface area (TPSA) is 108 Å². The molecule has 0 radical (unpaired) electrons. The molecule has 162 valence electrons. The lowest BCUT2D eigenvalue weighted by molar-refractivity contribution is -0.136. The van der Waals surface area contributed by atoms with E-state index in [0.29, 0.717) is 31.6 Å². The summed E-state index contributed by atoms with van der Waals surface area (Å²) in [7, 11) is 0. The molecule has 3 amide bonds. The number of carbonyl (C=O) groups is 3. The van der Waals surface area contributed by atoms with Gasteiger partial charge in [-0.2, -0.15) is 5.10 Å². The monoisotopic (exact) mass is 422 g/mol. The van der Waals surface area contributed by atoms with E-state index in [9.17, 15) is 14.4 Å². The summed E-state index contributed by atoms with van der Waals surface area (Å²) in [5.74, 6) is -0.797. The summed E-state index contributed by atoms with van der Waals surface area (Å²) in [6.45, 7) is 6.42. The van der Waals surface area contributed by atoms with E-state index in [1.807, 2.05) is 25.1 Å². The number of fused-ring (bicyclic) bond motifs is 2. The number of nitrogens with one attached hydrogen (secondary N) is 3. The fourth-order valence-electron chi connectivity index (χ4n) is 4.81. The second-order valence-electron chi connectivity index (χ2n) is 8.36. The Balaban J connectivity index is 1.30. The first-order chi connectivity index (χ1) is 15.0. The number of hydrogen-bond donors (Lipinski definition) is 3. The Morgan fingerprint density at radius 2 is 2.10 bits per heavy atom. The highest BCUT2D eigenvalue weighted by Gasteiger charge is 2.39. The van der Waals surface area contributed by atoms with Crippen LogP contribution in [-0.4, -0.2) is 45.0 Å². The Morgan fingerprint density at radius 3 is 2.94 bits per heavy atom. The first-order valence-corrected chi connectivity index (χ1v) is 10.7. The van der Waals surface area contributed by atoms with Gasteiger partial charge in [0.05, 0.1) is 17.9 Å². The number of hydrogen-bond acceptors (Lipinski definition) is 6. The molecule has 3 aliphatic heterocycles. The van der Waals surface area contributed by atoms with Crippen molar-refractivity contribution in [2.45, 2.75) is 58.5 Å². The maximum absolute atomic E-state index is 13.0. The first kappa shape index (κ1) is 19.9. The summed E-state index contributed by atoms with van der Waals surface area (Å²) in [5, 5.41) is 13.9. The number of carbonyl (C=O) groups excluding carboxylic acids is 3. The van der Waals surface area contributed by atoms with Crippen molar-refractivity contribution in [1.29, 1.82) is 0 Å². The molecule has 9 heteroatoms. The van der Waals surface area contributed by atoms with Gasteiger partial charge in [-0.1, -0.05) is 12.1 Å². The normalized spacial score (nSPS) is 20.6. The minimum atomic E-state index is -0.590. The maximum Gasteiger partial charge on any atom is 0.255 e. The zero-order chi connectivity index (χ0) is 21.5. The molecule has 3 aliphatic rings. The van der Waals surface area contributed by atoms with Crippen molar-refractivity contribution in [2.75, 3.05) is 6.54 Å². The van der Waals surface area contributed by atoms with Crippen LogP contribution in [0.15, 0.2) is 18.2 Å². The molecule has 0 spiro atoms. The third-order valence-corrected chi connectivity index (χ3v) is 6.46. The minimum absolute atomic E-state index is 0.140. The van der Waals surface area contributed by atoms with E-state index in [1.165, 1.54) is 11.3 Å². The largest absolute Gasteiger partial charge is 0.322 e. The zero-order valence-corrected chi connectivity index (χ0v) is 17.5. The Hall–Kier alpha value is -3.04. The number of piperidine rings is 1. The fraction of sp³-hybridized carbons (Fsp3) is 0.455. The molecule has 3 N–H and O–H groups in total. The van der Waals surface area contributed by atoms with Crippen molar-refractivity contribution in [3.63, 3.8) is 0 Å². The molecular formula is C22H26N6O3. The van der Waals surface area contributed by atoms with Gasteiger partial charge < -0.3 is 15.5 Å². The third-order valence-electron chi connectivity index (χ3n) is 6.46. The number of aromatic nitrogens is 2. The lowest BCUT2D eigenvalue weighted by Gasteiger charge is -2.29. The summed E-state index contributed by atoms with van der Waals surface area (Å²) in [6, 6.07) is 5.14. The van der Waals surface area contributed by atoms with Crippen molar-refractivity contribution in [3.8, 4) is 0 Å². The lowest BCUT2D eigenvalue weighted by atomic mass is 10.0. The van der Waals surface area contributed by atoms with Crippen molar-refractivity contribution in [3.05, 3.63) is 51.8 Å². The van der Waals surface area contributed by atoms with Crippen LogP contribution in [0.25, 0.3) is 0 Å². The van der Waals surface area contributed by atoms with Crippen LogP contribution < -0.4 is 16.0 Å². The fourth-order valence-corrected chi connectivity index (χ4v) is 4.81. The van der Waals surface area contributed by atoms with Gasteiger partial charge in [0.1, 0.15) is 6.04 Å². The predicted molar refractivity (Wildman–Crippen MR) is 112 cm³/mol. The van der Waals surface area contributed by atoms with Crippen molar-refractivity contribution >= 4 is 17.7 Å². The van der Waals surface area contributed by atoms with Crippen LogP contribution in [0, 0.1) is 6.92 Å². The molecule has 1 aromatic carbocycles. The number of aryl methyl sites for hydroxylation is 1. The summed E-state index contributed by atoms with van der Waals surface area (Å²) in [6.07, 6.45) is 0.632. The lowest BCUT2D eigenvalue weighted by Crippen LogP contribution is -2.52. The molecule has 1 unspecified atom stereocenters. The van der Waals surface area contributed by atoms with Crippen molar-refractivity contribution < 1.29 is 14.4 Å².